The fourth-order valence-electron chi connectivity index (χ4n) is 2.54. The molecular formula is C15H23N3O5S. The lowest BCUT2D eigenvalue weighted by atomic mass is 9.92. The van der Waals surface area contributed by atoms with Crippen molar-refractivity contribution < 1.29 is 23.1 Å². The van der Waals surface area contributed by atoms with E-state index in [1.54, 1.807) is 19.1 Å². The van der Waals surface area contributed by atoms with E-state index in [1.165, 1.54) is 21.9 Å². The molecule has 0 aliphatic carbocycles. The lowest BCUT2D eigenvalue weighted by molar-refractivity contribution is -0.158. The van der Waals surface area contributed by atoms with Crippen LogP contribution >= 0.6 is 0 Å². The highest BCUT2D eigenvalue weighted by Gasteiger charge is 2.46. The molecule has 0 spiro atoms. The second-order valence-corrected chi connectivity index (χ2v) is 7.89. The molecule has 1 fully saturated rings. The second-order valence-electron chi connectivity index (χ2n) is 5.86. The first kappa shape index (κ1) is 18.6. The van der Waals surface area contributed by atoms with Crippen LogP contribution in [0.4, 0.5) is 0 Å². The van der Waals surface area contributed by atoms with Crippen LogP contribution in [0.5, 0.6) is 5.75 Å². The van der Waals surface area contributed by atoms with E-state index in [2.05, 4.69) is 4.98 Å². The Balaban J connectivity index is 2.15. The van der Waals surface area contributed by atoms with Crippen molar-refractivity contribution in [2.75, 3.05) is 26.7 Å². The summed E-state index contributed by atoms with van der Waals surface area (Å²) in [6.45, 7) is 4.12. The molecule has 0 aromatic carbocycles. The molecule has 0 saturated carbocycles. The van der Waals surface area contributed by atoms with Crippen LogP contribution in [0.1, 0.15) is 25.5 Å². The van der Waals surface area contributed by atoms with Gasteiger partial charge in [-0.15, -0.1) is 0 Å². The number of hydrogen-bond acceptors (Lipinski definition) is 5. The summed E-state index contributed by atoms with van der Waals surface area (Å²) in [5, 5.41) is 9.63. The molecule has 8 nitrogen and oxygen atoms in total. The molecule has 1 aromatic heterocycles. The van der Waals surface area contributed by atoms with Crippen LogP contribution < -0.4 is 4.74 Å². The zero-order valence-corrected chi connectivity index (χ0v) is 14.9. The van der Waals surface area contributed by atoms with E-state index >= 15 is 0 Å². The van der Waals surface area contributed by atoms with Crippen molar-refractivity contribution >= 4 is 16.2 Å². The SMILES string of the molecule is CCN(C)S(=O)(=O)N1CCC(Oc2ccc(C)nc2)(C(=O)O)CC1. The van der Waals surface area contributed by atoms with E-state index in [0.717, 1.165) is 5.69 Å². The third-order valence-electron chi connectivity index (χ3n) is 4.28. The van der Waals surface area contributed by atoms with Crippen LogP contribution in [0.2, 0.25) is 0 Å². The van der Waals surface area contributed by atoms with Crippen molar-refractivity contribution in [1.82, 2.24) is 13.6 Å². The minimum Gasteiger partial charge on any atom is -0.478 e. The first-order valence-corrected chi connectivity index (χ1v) is 9.17. The maximum Gasteiger partial charge on any atom is 0.348 e. The summed E-state index contributed by atoms with van der Waals surface area (Å²) in [6.07, 6.45) is 1.63. The minimum absolute atomic E-state index is 0.0764. The summed E-state index contributed by atoms with van der Waals surface area (Å²) in [5.74, 6) is -0.728. The Morgan fingerprint density at radius 3 is 2.50 bits per heavy atom. The summed E-state index contributed by atoms with van der Waals surface area (Å²) in [6, 6.07) is 3.40. The Kier molecular flexibility index (Phi) is 5.46. The van der Waals surface area contributed by atoms with E-state index in [1.807, 2.05) is 6.92 Å². The summed E-state index contributed by atoms with van der Waals surface area (Å²) < 4.78 is 32.9. The lowest BCUT2D eigenvalue weighted by Crippen LogP contribution is -2.56. The van der Waals surface area contributed by atoms with Crippen LogP contribution in [0.25, 0.3) is 0 Å². The fraction of sp³-hybridized carbons (Fsp3) is 0.600. The molecule has 0 unspecified atom stereocenters. The fourth-order valence-corrected chi connectivity index (χ4v) is 3.90. The first-order chi connectivity index (χ1) is 11.2. The van der Waals surface area contributed by atoms with Gasteiger partial charge in [-0.1, -0.05) is 6.92 Å². The van der Waals surface area contributed by atoms with Gasteiger partial charge in [0.2, 0.25) is 5.60 Å². The zero-order chi connectivity index (χ0) is 18.0. The van der Waals surface area contributed by atoms with Crippen molar-refractivity contribution in [1.29, 1.82) is 0 Å². The Bertz CT molecular complexity index is 682. The van der Waals surface area contributed by atoms with E-state index in [-0.39, 0.29) is 25.9 Å². The monoisotopic (exact) mass is 357 g/mol. The van der Waals surface area contributed by atoms with Crippen LogP contribution in [0, 0.1) is 6.92 Å². The van der Waals surface area contributed by atoms with Gasteiger partial charge in [0.05, 0.1) is 6.20 Å². The van der Waals surface area contributed by atoms with Crippen LogP contribution in [0.3, 0.4) is 0 Å². The molecule has 24 heavy (non-hydrogen) atoms. The van der Waals surface area contributed by atoms with Crippen molar-refractivity contribution in [3.8, 4) is 5.75 Å². The number of aromatic nitrogens is 1. The van der Waals surface area contributed by atoms with Crippen LogP contribution in [-0.4, -0.2) is 65.4 Å². The van der Waals surface area contributed by atoms with Gasteiger partial charge in [-0.2, -0.15) is 17.0 Å². The average molecular weight is 357 g/mol. The van der Waals surface area contributed by atoms with Crippen LogP contribution in [-0.2, 0) is 15.0 Å². The molecule has 134 valence electrons. The number of piperidine rings is 1. The highest BCUT2D eigenvalue weighted by atomic mass is 32.2. The van der Waals surface area contributed by atoms with Gasteiger partial charge in [-0.3, -0.25) is 4.98 Å². The Morgan fingerprint density at radius 1 is 1.42 bits per heavy atom. The van der Waals surface area contributed by atoms with Gasteiger partial charge in [0.15, 0.2) is 0 Å². The third kappa shape index (κ3) is 3.68. The molecule has 0 atom stereocenters. The van der Waals surface area contributed by atoms with Crippen molar-refractivity contribution in [2.24, 2.45) is 0 Å². The summed E-state index contributed by atoms with van der Waals surface area (Å²) >= 11 is 0. The van der Waals surface area contributed by atoms with Gasteiger partial charge in [-0.05, 0) is 19.1 Å². The molecule has 1 aliphatic heterocycles. The summed E-state index contributed by atoms with van der Waals surface area (Å²) in [4.78, 5) is 15.9. The number of aliphatic carboxylic acids is 1. The number of carboxylic acid groups (broad SMARTS) is 1. The smallest absolute Gasteiger partial charge is 0.348 e. The number of carbonyl (C=O) groups is 1. The molecule has 1 aromatic rings. The first-order valence-electron chi connectivity index (χ1n) is 7.78. The molecule has 0 bridgehead atoms. The van der Waals surface area contributed by atoms with E-state index < -0.39 is 21.8 Å². The highest BCUT2D eigenvalue weighted by Crippen LogP contribution is 2.30. The van der Waals surface area contributed by atoms with Crippen molar-refractivity contribution in [3.05, 3.63) is 24.0 Å². The predicted molar refractivity (Wildman–Crippen MR) is 88.0 cm³/mol. The van der Waals surface area contributed by atoms with Gasteiger partial charge < -0.3 is 9.84 Å². The molecule has 1 saturated heterocycles. The topological polar surface area (TPSA) is 100 Å². The van der Waals surface area contributed by atoms with Gasteiger partial charge >= 0.3 is 5.97 Å². The number of aryl methyl sites for hydroxylation is 1. The lowest BCUT2D eigenvalue weighted by Gasteiger charge is -2.39. The number of rotatable bonds is 6. The number of carboxylic acids is 1. The molecule has 1 aliphatic rings. The number of ether oxygens (including phenoxy) is 1. The number of pyridine rings is 1. The van der Waals surface area contributed by atoms with Gasteiger partial charge in [0, 0.05) is 45.2 Å². The van der Waals surface area contributed by atoms with E-state index in [4.69, 9.17) is 4.74 Å². The minimum atomic E-state index is -3.56. The average Bonchev–Trinajstić information content (AvgIpc) is 2.56. The number of nitrogens with zero attached hydrogens (tertiary/aromatic N) is 3. The summed E-state index contributed by atoms with van der Waals surface area (Å²) in [5.41, 5.74) is -0.636. The summed E-state index contributed by atoms with van der Waals surface area (Å²) in [7, 11) is -2.06. The Labute approximate surface area is 142 Å². The molecule has 9 heteroatoms. The van der Waals surface area contributed by atoms with Gasteiger partial charge in [0.1, 0.15) is 5.75 Å². The Morgan fingerprint density at radius 2 is 2.04 bits per heavy atom. The van der Waals surface area contributed by atoms with Gasteiger partial charge in [-0.25, -0.2) is 4.79 Å². The normalized spacial score (nSPS) is 18.5. The predicted octanol–water partition coefficient (Wildman–Crippen LogP) is 0.885. The largest absolute Gasteiger partial charge is 0.478 e. The molecular weight excluding hydrogens is 334 g/mol. The van der Waals surface area contributed by atoms with Crippen LogP contribution in [0.15, 0.2) is 18.3 Å². The molecule has 0 radical (unpaired) electrons. The maximum absolute atomic E-state index is 12.3. The van der Waals surface area contributed by atoms with E-state index in [9.17, 15) is 18.3 Å². The van der Waals surface area contributed by atoms with Crippen molar-refractivity contribution in [3.63, 3.8) is 0 Å². The maximum atomic E-state index is 12.3. The quantitative estimate of drug-likeness (QED) is 0.811. The Hall–Kier alpha value is -1.71. The molecule has 2 rings (SSSR count). The van der Waals surface area contributed by atoms with Crippen molar-refractivity contribution in [2.45, 2.75) is 32.3 Å². The molecule has 2 heterocycles. The zero-order valence-electron chi connectivity index (χ0n) is 14.1. The molecule has 0 amide bonds. The highest BCUT2D eigenvalue weighted by molar-refractivity contribution is 7.86. The third-order valence-corrected chi connectivity index (χ3v) is 6.35. The number of hydrogen-bond donors (Lipinski definition) is 1. The standard InChI is InChI=1S/C15H23N3O5S/c1-4-17(3)24(21,22)18-9-7-15(8-10-18,14(19)20)23-13-6-5-12(2)16-11-13/h5-6,11H,4,7-10H2,1-3H3,(H,19,20). The second kappa shape index (κ2) is 7.04. The molecule has 1 N–H and O–H groups in total. The van der Waals surface area contributed by atoms with Gasteiger partial charge in [0.25, 0.3) is 10.2 Å². The van der Waals surface area contributed by atoms with E-state index in [0.29, 0.717) is 12.3 Å².